The van der Waals surface area contributed by atoms with Gasteiger partial charge in [-0.3, -0.25) is 9.52 Å². The van der Waals surface area contributed by atoms with Gasteiger partial charge < -0.3 is 5.11 Å². The van der Waals surface area contributed by atoms with Gasteiger partial charge in [0.25, 0.3) is 15.6 Å². The number of nitrogens with zero attached hydrogens (tertiary/aromatic N) is 1. The molecule has 20 heavy (non-hydrogen) atoms. The number of aromatic amines is 1. The largest absolute Gasteiger partial charge is 0.389 e. The summed E-state index contributed by atoms with van der Waals surface area (Å²) in [5.41, 5.74) is 0.195. The van der Waals surface area contributed by atoms with Crippen molar-refractivity contribution >= 4 is 15.8 Å². The van der Waals surface area contributed by atoms with Crippen LogP contribution in [0.1, 0.15) is 18.6 Å². The van der Waals surface area contributed by atoms with Crippen LogP contribution in [0, 0.1) is 0 Å². The highest BCUT2D eigenvalue weighted by molar-refractivity contribution is 7.92. The monoisotopic (exact) mass is 295 g/mol. The molecule has 0 fully saturated rings. The van der Waals surface area contributed by atoms with Crippen molar-refractivity contribution in [2.45, 2.75) is 17.9 Å². The summed E-state index contributed by atoms with van der Waals surface area (Å²) in [4.78, 5) is 10.9. The molecule has 0 saturated carbocycles. The summed E-state index contributed by atoms with van der Waals surface area (Å²) in [5.74, 6) is 0.0178. The van der Waals surface area contributed by atoms with Crippen molar-refractivity contribution in [2.24, 2.45) is 0 Å². The summed E-state index contributed by atoms with van der Waals surface area (Å²) >= 11 is 0. The van der Waals surface area contributed by atoms with Crippen molar-refractivity contribution < 1.29 is 13.5 Å². The molecular formula is C12H13N3O4S. The Balaban J connectivity index is 2.26. The molecule has 7 nitrogen and oxygen atoms in total. The number of sulfonamides is 1. The van der Waals surface area contributed by atoms with Crippen LogP contribution >= 0.6 is 0 Å². The Kier molecular flexibility index (Phi) is 3.86. The summed E-state index contributed by atoms with van der Waals surface area (Å²) in [7, 11) is -3.78. The number of H-pyrrole nitrogens is 1. The Morgan fingerprint density at radius 1 is 1.20 bits per heavy atom. The van der Waals surface area contributed by atoms with Gasteiger partial charge in [-0.05, 0) is 30.7 Å². The molecule has 1 aromatic carbocycles. The second-order valence-electron chi connectivity index (χ2n) is 4.16. The molecule has 2 rings (SSSR count). The van der Waals surface area contributed by atoms with Crippen LogP contribution < -0.4 is 10.3 Å². The lowest BCUT2D eigenvalue weighted by Crippen LogP contribution is -2.16. The Hall–Kier alpha value is -2.19. The van der Waals surface area contributed by atoms with Crippen LogP contribution in [0.4, 0.5) is 5.82 Å². The quantitative estimate of drug-likeness (QED) is 0.765. The summed E-state index contributed by atoms with van der Waals surface area (Å²) in [5, 5.41) is 15.1. The van der Waals surface area contributed by atoms with E-state index in [-0.39, 0.29) is 10.7 Å². The van der Waals surface area contributed by atoms with Gasteiger partial charge in [0.2, 0.25) is 0 Å². The number of hydrogen-bond donors (Lipinski definition) is 3. The standard InChI is InChI=1S/C12H13N3O4S/c1-8(16)9-2-4-10(5-3-9)20(18,19)15-11-6-7-12(17)14-13-11/h2-8,16H,1H3,(H,13,15)(H,14,17). The predicted molar refractivity (Wildman–Crippen MR) is 72.7 cm³/mol. The maximum atomic E-state index is 12.1. The van der Waals surface area contributed by atoms with Gasteiger partial charge in [0.15, 0.2) is 5.82 Å². The molecule has 1 unspecified atom stereocenters. The second kappa shape index (κ2) is 5.43. The van der Waals surface area contributed by atoms with E-state index in [2.05, 4.69) is 14.9 Å². The fourth-order valence-corrected chi connectivity index (χ4v) is 2.52. The lowest BCUT2D eigenvalue weighted by Gasteiger charge is -2.08. The van der Waals surface area contributed by atoms with Gasteiger partial charge in [-0.2, -0.15) is 5.10 Å². The minimum Gasteiger partial charge on any atom is -0.389 e. The van der Waals surface area contributed by atoms with Gasteiger partial charge in [-0.15, -0.1) is 0 Å². The summed E-state index contributed by atoms with van der Waals surface area (Å²) < 4.78 is 26.4. The van der Waals surface area contributed by atoms with Gasteiger partial charge >= 0.3 is 0 Å². The van der Waals surface area contributed by atoms with Crippen LogP contribution in [-0.2, 0) is 10.0 Å². The van der Waals surface area contributed by atoms with Crippen molar-refractivity contribution in [3.05, 3.63) is 52.3 Å². The molecule has 0 bridgehead atoms. The van der Waals surface area contributed by atoms with E-state index >= 15 is 0 Å². The van der Waals surface area contributed by atoms with Gasteiger partial charge in [0.1, 0.15) is 0 Å². The molecular weight excluding hydrogens is 282 g/mol. The molecule has 1 heterocycles. The van der Waals surface area contributed by atoms with E-state index in [0.717, 1.165) is 0 Å². The molecule has 8 heteroatoms. The van der Waals surface area contributed by atoms with E-state index in [9.17, 15) is 18.3 Å². The summed E-state index contributed by atoms with van der Waals surface area (Å²) in [6.07, 6.45) is -0.666. The van der Waals surface area contributed by atoms with E-state index in [0.29, 0.717) is 5.56 Å². The van der Waals surface area contributed by atoms with Crippen molar-refractivity contribution in [1.82, 2.24) is 10.2 Å². The van der Waals surface area contributed by atoms with Crippen LogP contribution in [0.2, 0.25) is 0 Å². The first-order chi connectivity index (χ1) is 9.38. The fraction of sp³-hybridized carbons (Fsp3) is 0.167. The minimum atomic E-state index is -3.78. The van der Waals surface area contributed by atoms with Crippen LogP contribution in [0.25, 0.3) is 0 Å². The third-order valence-corrected chi connectivity index (χ3v) is 3.96. The normalized spacial score (nSPS) is 12.9. The summed E-state index contributed by atoms with van der Waals surface area (Å²) in [6, 6.07) is 8.26. The molecule has 0 spiro atoms. The molecule has 0 aliphatic carbocycles. The Bertz CT molecular complexity index is 731. The van der Waals surface area contributed by atoms with Crippen LogP contribution in [0.3, 0.4) is 0 Å². The number of aromatic nitrogens is 2. The number of benzene rings is 1. The Morgan fingerprint density at radius 2 is 1.85 bits per heavy atom. The number of aliphatic hydroxyl groups excluding tert-OH is 1. The highest BCUT2D eigenvalue weighted by Crippen LogP contribution is 2.17. The molecule has 0 aliphatic rings. The van der Waals surface area contributed by atoms with Gasteiger partial charge in [0, 0.05) is 6.07 Å². The van der Waals surface area contributed by atoms with Crippen molar-refractivity contribution in [1.29, 1.82) is 0 Å². The molecule has 3 N–H and O–H groups in total. The van der Waals surface area contributed by atoms with Gasteiger partial charge in [-0.1, -0.05) is 12.1 Å². The highest BCUT2D eigenvalue weighted by atomic mass is 32.2. The van der Waals surface area contributed by atoms with Crippen molar-refractivity contribution in [3.63, 3.8) is 0 Å². The van der Waals surface area contributed by atoms with Gasteiger partial charge in [-0.25, -0.2) is 13.5 Å². The topological polar surface area (TPSA) is 112 Å². The van der Waals surface area contributed by atoms with E-state index < -0.39 is 21.7 Å². The zero-order chi connectivity index (χ0) is 14.8. The van der Waals surface area contributed by atoms with Crippen molar-refractivity contribution in [3.8, 4) is 0 Å². The molecule has 0 aliphatic heterocycles. The molecule has 1 aromatic heterocycles. The highest BCUT2D eigenvalue weighted by Gasteiger charge is 2.15. The van der Waals surface area contributed by atoms with Crippen LogP contribution in [-0.4, -0.2) is 23.7 Å². The minimum absolute atomic E-state index is 0.0178. The Labute approximate surface area is 115 Å². The van der Waals surface area contributed by atoms with Crippen LogP contribution in [0.15, 0.2) is 46.1 Å². The fourth-order valence-electron chi connectivity index (χ4n) is 1.52. The van der Waals surface area contributed by atoms with E-state index in [1.165, 1.54) is 36.4 Å². The number of anilines is 1. The molecule has 1 atom stereocenters. The number of nitrogens with one attached hydrogen (secondary N) is 2. The first-order valence-corrected chi connectivity index (χ1v) is 7.23. The number of aliphatic hydroxyl groups is 1. The van der Waals surface area contributed by atoms with E-state index in [4.69, 9.17) is 0 Å². The number of hydrogen-bond acceptors (Lipinski definition) is 5. The molecule has 106 valence electrons. The second-order valence-corrected chi connectivity index (χ2v) is 5.84. The molecule has 2 aromatic rings. The maximum Gasteiger partial charge on any atom is 0.264 e. The zero-order valence-electron chi connectivity index (χ0n) is 10.6. The smallest absolute Gasteiger partial charge is 0.264 e. The lowest BCUT2D eigenvalue weighted by atomic mass is 10.1. The first kappa shape index (κ1) is 14.2. The molecule has 0 radical (unpaired) electrons. The van der Waals surface area contributed by atoms with Crippen molar-refractivity contribution in [2.75, 3.05) is 4.72 Å². The maximum absolute atomic E-state index is 12.1. The van der Waals surface area contributed by atoms with E-state index in [1.807, 2.05) is 0 Å². The molecule has 0 saturated heterocycles. The first-order valence-electron chi connectivity index (χ1n) is 5.75. The average Bonchev–Trinajstić information content (AvgIpc) is 2.41. The van der Waals surface area contributed by atoms with Gasteiger partial charge in [0.05, 0.1) is 11.0 Å². The Morgan fingerprint density at radius 3 is 2.35 bits per heavy atom. The third kappa shape index (κ3) is 3.22. The third-order valence-electron chi connectivity index (χ3n) is 2.59. The molecule has 0 amide bonds. The average molecular weight is 295 g/mol. The lowest BCUT2D eigenvalue weighted by molar-refractivity contribution is 0.199. The van der Waals surface area contributed by atoms with E-state index in [1.54, 1.807) is 6.92 Å². The predicted octanol–water partition coefficient (Wildman–Crippen LogP) is 0.624. The zero-order valence-corrected chi connectivity index (χ0v) is 11.4. The summed E-state index contributed by atoms with van der Waals surface area (Å²) in [6.45, 7) is 1.59. The van der Waals surface area contributed by atoms with Crippen LogP contribution in [0.5, 0.6) is 0 Å². The number of rotatable bonds is 4. The SMILES string of the molecule is CC(O)c1ccc(S(=O)(=O)Nc2ccc(=O)[nH]n2)cc1.